The number of rotatable bonds is 9. The molecule has 0 aliphatic rings. The van der Waals surface area contributed by atoms with Gasteiger partial charge < -0.3 is 5.32 Å². The minimum Gasteiger partial charge on any atom is -0.313 e. The maximum Gasteiger partial charge on any atom is 0.0534 e. The lowest BCUT2D eigenvalue weighted by atomic mass is 10.1. The molecule has 1 N–H and O–H groups in total. The Kier molecular flexibility index (Phi) is 6.90. The average molecular weight is 223 g/mol. The smallest absolute Gasteiger partial charge is 0.0534 e. The van der Waals surface area contributed by atoms with Crippen molar-refractivity contribution in [1.82, 2.24) is 15.1 Å². The molecule has 0 saturated heterocycles. The number of nitrogens with zero attached hydrogens (tertiary/aromatic N) is 2. The summed E-state index contributed by atoms with van der Waals surface area (Å²) in [6.45, 7) is 7.39. The summed E-state index contributed by atoms with van der Waals surface area (Å²) in [5.41, 5.74) is 1.29. The fourth-order valence-electron chi connectivity index (χ4n) is 1.77. The van der Waals surface area contributed by atoms with E-state index in [1.807, 2.05) is 6.20 Å². The van der Waals surface area contributed by atoms with E-state index in [2.05, 4.69) is 35.1 Å². The molecule has 0 radical (unpaired) electrons. The van der Waals surface area contributed by atoms with Gasteiger partial charge in [-0.2, -0.15) is 5.10 Å². The van der Waals surface area contributed by atoms with Gasteiger partial charge in [-0.1, -0.05) is 39.5 Å². The zero-order valence-corrected chi connectivity index (χ0v) is 10.7. The van der Waals surface area contributed by atoms with Crippen LogP contribution in [-0.2, 0) is 13.1 Å². The van der Waals surface area contributed by atoms with E-state index in [1.165, 1.54) is 37.7 Å². The Morgan fingerprint density at radius 3 is 2.75 bits per heavy atom. The normalized spacial score (nSPS) is 10.9. The van der Waals surface area contributed by atoms with Gasteiger partial charge in [0.1, 0.15) is 0 Å². The topological polar surface area (TPSA) is 29.9 Å². The number of aryl methyl sites for hydroxylation is 1. The summed E-state index contributed by atoms with van der Waals surface area (Å²) in [6, 6.07) is 0. The summed E-state index contributed by atoms with van der Waals surface area (Å²) >= 11 is 0. The van der Waals surface area contributed by atoms with Crippen molar-refractivity contribution in [2.45, 2.75) is 59.0 Å². The van der Waals surface area contributed by atoms with Crippen LogP contribution < -0.4 is 5.32 Å². The first-order chi connectivity index (χ1) is 7.86. The minimum absolute atomic E-state index is 0.937. The Morgan fingerprint density at radius 2 is 2.00 bits per heavy atom. The van der Waals surface area contributed by atoms with Crippen LogP contribution in [0.2, 0.25) is 0 Å². The highest BCUT2D eigenvalue weighted by molar-refractivity contribution is 5.02. The van der Waals surface area contributed by atoms with Crippen molar-refractivity contribution in [2.75, 3.05) is 6.54 Å². The molecule has 92 valence electrons. The molecule has 0 fully saturated rings. The van der Waals surface area contributed by atoms with Crippen molar-refractivity contribution >= 4 is 0 Å². The van der Waals surface area contributed by atoms with Crippen LogP contribution in [0.5, 0.6) is 0 Å². The predicted octanol–water partition coefficient (Wildman–Crippen LogP) is 2.96. The second-order valence-corrected chi connectivity index (χ2v) is 4.31. The van der Waals surface area contributed by atoms with E-state index < -0.39 is 0 Å². The van der Waals surface area contributed by atoms with Crippen LogP contribution in [0.25, 0.3) is 0 Å². The van der Waals surface area contributed by atoms with Crippen LogP contribution in [0.4, 0.5) is 0 Å². The van der Waals surface area contributed by atoms with E-state index in [9.17, 15) is 0 Å². The zero-order valence-electron chi connectivity index (χ0n) is 10.7. The van der Waals surface area contributed by atoms with Gasteiger partial charge in [0.15, 0.2) is 0 Å². The average Bonchev–Trinajstić information content (AvgIpc) is 2.74. The number of aromatic nitrogens is 2. The fraction of sp³-hybridized carbons (Fsp3) is 0.769. The minimum atomic E-state index is 0.937. The van der Waals surface area contributed by atoms with Gasteiger partial charge in [0.05, 0.1) is 6.20 Å². The third kappa shape index (κ3) is 5.31. The van der Waals surface area contributed by atoms with Crippen LogP contribution in [0.3, 0.4) is 0 Å². The Morgan fingerprint density at radius 1 is 1.19 bits per heavy atom. The lowest BCUT2D eigenvalue weighted by Crippen LogP contribution is -2.11. The van der Waals surface area contributed by atoms with E-state index in [-0.39, 0.29) is 0 Å². The van der Waals surface area contributed by atoms with Gasteiger partial charge in [0.25, 0.3) is 0 Å². The van der Waals surface area contributed by atoms with Gasteiger partial charge in [0.2, 0.25) is 0 Å². The van der Waals surface area contributed by atoms with E-state index in [0.29, 0.717) is 0 Å². The molecule has 1 aromatic rings. The number of hydrogen-bond acceptors (Lipinski definition) is 2. The molecule has 1 heterocycles. The first-order valence-corrected chi connectivity index (χ1v) is 6.58. The van der Waals surface area contributed by atoms with E-state index in [4.69, 9.17) is 0 Å². The highest BCUT2D eigenvalue weighted by atomic mass is 15.3. The second-order valence-electron chi connectivity index (χ2n) is 4.31. The molecular weight excluding hydrogens is 198 g/mol. The highest BCUT2D eigenvalue weighted by Crippen LogP contribution is 2.05. The van der Waals surface area contributed by atoms with Crippen molar-refractivity contribution in [3.8, 4) is 0 Å². The van der Waals surface area contributed by atoms with Crippen molar-refractivity contribution in [1.29, 1.82) is 0 Å². The number of hydrogen-bond donors (Lipinski definition) is 1. The van der Waals surface area contributed by atoms with Crippen molar-refractivity contribution in [3.05, 3.63) is 18.0 Å². The van der Waals surface area contributed by atoms with E-state index >= 15 is 0 Å². The molecule has 0 amide bonds. The molecule has 0 aromatic carbocycles. The number of nitrogens with one attached hydrogen (secondary N) is 1. The van der Waals surface area contributed by atoms with E-state index in [1.54, 1.807) is 0 Å². The molecule has 3 heteroatoms. The summed E-state index contributed by atoms with van der Waals surface area (Å²) < 4.78 is 2.07. The van der Waals surface area contributed by atoms with Gasteiger partial charge in [-0.3, -0.25) is 4.68 Å². The summed E-state index contributed by atoms with van der Waals surface area (Å²) in [5.74, 6) is 0. The van der Waals surface area contributed by atoms with Crippen LogP contribution >= 0.6 is 0 Å². The molecule has 0 saturated carbocycles. The monoisotopic (exact) mass is 223 g/mol. The second kappa shape index (κ2) is 8.34. The van der Waals surface area contributed by atoms with Gasteiger partial charge in [-0.25, -0.2) is 0 Å². The maximum absolute atomic E-state index is 4.36. The molecular formula is C13H25N3. The predicted molar refractivity (Wildman–Crippen MR) is 68.4 cm³/mol. The lowest BCUT2D eigenvalue weighted by Gasteiger charge is -2.01. The molecule has 0 unspecified atom stereocenters. The molecule has 0 spiro atoms. The SMILES string of the molecule is CCCCCCCn1cc(CNCC)cn1. The molecule has 1 aromatic heterocycles. The standard InChI is InChI=1S/C13H25N3/c1-3-5-6-7-8-9-16-12-13(11-15-16)10-14-4-2/h11-12,14H,3-10H2,1-2H3. The fourth-order valence-corrected chi connectivity index (χ4v) is 1.77. The summed E-state index contributed by atoms with van der Waals surface area (Å²) in [6.07, 6.45) is 10.7. The Labute approximate surface area is 99.2 Å². The molecule has 0 bridgehead atoms. The molecule has 1 rings (SSSR count). The third-order valence-electron chi connectivity index (χ3n) is 2.76. The Bertz CT molecular complexity index is 268. The largest absolute Gasteiger partial charge is 0.313 e. The van der Waals surface area contributed by atoms with Gasteiger partial charge >= 0.3 is 0 Å². The van der Waals surface area contributed by atoms with Crippen molar-refractivity contribution in [3.63, 3.8) is 0 Å². The van der Waals surface area contributed by atoms with Crippen LogP contribution in [0, 0.1) is 0 Å². The van der Waals surface area contributed by atoms with Crippen LogP contribution in [0.15, 0.2) is 12.4 Å². The van der Waals surface area contributed by atoms with Crippen LogP contribution in [0.1, 0.15) is 51.5 Å². The third-order valence-corrected chi connectivity index (χ3v) is 2.76. The summed E-state index contributed by atoms with van der Waals surface area (Å²) in [4.78, 5) is 0. The zero-order chi connectivity index (χ0) is 11.6. The van der Waals surface area contributed by atoms with Crippen LogP contribution in [-0.4, -0.2) is 16.3 Å². The van der Waals surface area contributed by atoms with Crippen molar-refractivity contribution < 1.29 is 0 Å². The van der Waals surface area contributed by atoms with Crippen molar-refractivity contribution in [2.24, 2.45) is 0 Å². The van der Waals surface area contributed by atoms with E-state index in [0.717, 1.165) is 19.6 Å². The number of unbranched alkanes of at least 4 members (excludes halogenated alkanes) is 4. The summed E-state index contributed by atoms with van der Waals surface area (Å²) in [5, 5.41) is 7.67. The highest BCUT2D eigenvalue weighted by Gasteiger charge is 1.97. The maximum atomic E-state index is 4.36. The molecule has 3 nitrogen and oxygen atoms in total. The lowest BCUT2D eigenvalue weighted by molar-refractivity contribution is 0.532. The Hall–Kier alpha value is -0.830. The quantitative estimate of drug-likeness (QED) is 0.652. The molecule has 0 atom stereocenters. The first kappa shape index (κ1) is 13.2. The molecule has 16 heavy (non-hydrogen) atoms. The van der Waals surface area contributed by atoms with Gasteiger partial charge in [-0.05, 0) is 13.0 Å². The molecule has 0 aliphatic carbocycles. The van der Waals surface area contributed by atoms with Gasteiger partial charge in [-0.15, -0.1) is 0 Å². The summed E-state index contributed by atoms with van der Waals surface area (Å²) in [7, 11) is 0. The molecule has 0 aliphatic heterocycles. The first-order valence-electron chi connectivity index (χ1n) is 6.58. The van der Waals surface area contributed by atoms with Gasteiger partial charge in [0, 0.05) is 24.8 Å². The Balaban J connectivity index is 2.14.